The Morgan fingerprint density at radius 3 is 2.38 bits per heavy atom. The molecule has 0 aromatic heterocycles. The molecule has 1 N–H and O–H groups in total. The molecular weight excluding hydrogens is 194 g/mol. The molecule has 0 heterocycles. The smallest absolute Gasteiger partial charge is 0.0208 e. The van der Waals surface area contributed by atoms with Crippen molar-refractivity contribution in [2.45, 2.75) is 47.1 Å². The van der Waals surface area contributed by atoms with Crippen molar-refractivity contribution in [1.29, 1.82) is 0 Å². The van der Waals surface area contributed by atoms with Crippen LogP contribution in [0.2, 0.25) is 0 Å². The van der Waals surface area contributed by atoms with Gasteiger partial charge in [0.25, 0.3) is 0 Å². The molecule has 1 rings (SSSR count). The molecular formula is C15H25N. The first-order valence-electron chi connectivity index (χ1n) is 6.44. The lowest BCUT2D eigenvalue weighted by Crippen LogP contribution is -2.22. The van der Waals surface area contributed by atoms with Gasteiger partial charge in [0.1, 0.15) is 0 Å². The molecule has 0 spiro atoms. The third-order valence-electron chi connectivity index (χ3n) is 3.40. The Bertz CT molecular complexity index is 313. The molecule has 0 aliphatic heterocycles. The highest BCUT2D eigenvalue weighted by molar-refractivity contribution is 5.30. The summed E-state index contributed by atoms with van der Waals surface area (Å²) in [6, 6.07) is 6.69. The summed E-state index contributed by atoms with van der Waals surface area (Å²) in [6.45, 7) is 11.0. The van der Waals surface area contributed by atoms with E-state index in [0.29, 0.717) is 0 Å². The standard InChI is InChI=1S/C15H25N/c1-5-14(6-2)10-16-11-15-8-7-12(3)9-13(15)4/h7-9,14,16H,5-6,10-11H2,1-4H3. The van der Waals surface area contributed by atoms with Crippen LogP contribution in [0.25, 0.3) is 0 Å². The second-order valence-electron chi connectivity index (χ2n) is 4.74. The normalized spacial score (nSPS) is 11.1. The number of rotatable bonds is 6. The van der Waals surface area contributed by atoms with Crippen molar-refractivity contribution in [2.75, 3.05) is 6.54 Å². The van der Waals surface area contributed by atoms with Crippen LogP contribution in [0.3, 0.4) is 0 Å². The lowest BCUT2D eigenvalue weighted by atomic mass is 10.0. The van der Waals surface area contributed by atoms with E-state index in [1.165, 1.54) is 29.5 Å². The van der Waals surface area contributed by atoms with Gasteiger partial charge in [-0.25, -0.2) is 0 Å². The van der Waals surface area contributed by atoms with Crippen LogP contribution in [-0.2, 0) is 6.54 Å². The van der Waals surface area contributed by atoms with Gasteiger partial charge in [-0.05, 0) is 37.4 Å². The molecule has 0 fully saturated rings. The maximum atomic E-state index is 3.56. The van der Waals surface area contributed by atoms with Crippen LogP contribution in [-0.4, -0.2) is 6.54 Å². The van der Waals surface area contributed by atoms with E-state index in [1.807, 2.05) is 0 Å². The minimum atomic E-state index is 0.825. The minimum Gasteiger partial charge on any atom is -0.312 e. The second kappa shape index (κ2) is 6.70. The molecule has 0 aliphatic rings. The Kier molecular flexibility index (Phi) is 5.54. The quantitative estimate of drug-likeness (QED) is 0.766. The Labute approximate surface area is 100 Å². The zero-order valence-corrected chi connectivity index (χ0v) is 11.1. The van der Waals surface area contributed by atoms with Gasteiger partial charge < -0.3 is 5.32 Å². The van der Waals surface area contributed by atoms with E-state index in [-0.39, 0.29) is 0 Å². The van der Waals surface area contributed by atoms with Crippen molar-refractivity contribution >= 4 is 0 Å². The van der Waals surface area contributed by atoms with E-state index < -0.39 is 0 Å². The molecule has 16 heavy (non-hydrogen) atoms. The molecule has 0 saturated heterocycles. The maximum Gasteiger partial charge on any atom is 0.0208 e. The first-order valence-corrected chi connectivity index (χ1v) is 6.44. The SMILES string of the molecule is CCC(CC)CNCc1ccc(C)cc1C. The number of nitrogens with one attached hydrogen (secondary N) is 1. The molecule has 90 valence electrons. The fourth-order valence-electron chi connectivity index (χ4n) is 2.03. The fraction of sp³-hybridized carbons (Fsp3) is 0.600. The van der Waals surface area contributed by atoms with Crippen molar-refractivity contribution in [2.24, 2.45) is 5.92 Å². The third kappa shape index (κ3) is 3.97. The Balaban J connectivity index is 2.42. The number of hydrogen-bond acceptors (Lipinski definition) is 1. The van der Waals surface area contributed by atoms with Crippen molar-refractivity contribution in [3.8, 4) is 0 Å². The van der Waals surface area contributed by atoms with Crippen LogP contribution in [0.15, 0.2) is 18.2 Å². The van der Waals surface area contributed by atoms with Crippen molar-refractivity contribution in [3.05, 3.63) is 34.9 Å². The molecule has 1 aromatic carbocycles. The summed E-state index contributed by atoms with van der Waals surface area (Å²) >= 11 is 0. The third-order valence-corrected chi connectivity index (χ3v) is 3.40. The molecule has 1 nitrogen and oxygen atoms in total. The van der Waals surface area contributed by atoms with Gasteiger partial charge in [-0.1, -0.05) is 50.5 Å². The van der Waals surface area contributed by atoms with Crippen LogP contribution >= 0.6 is 0 Å². The summed E-state index contributed by atoms with van der Waals surface area (Å²) in [7, 11) is 0. The summed E-state index contributed by atoms with van der Waals surface area (Å²) < 4.78 is 0. The summed E-state index contributed by atoms with van der Waals surface area (Å²) in [5.74, 6) is 0.825. The average Bonchev–Trinajstić information content (AvgIpc) is 2.27. The van der Waals surface area contributed by atoms with Gasteiger partial charge >= 0.3 is 0 Å². The van der Waals surface area contributed by atoms with Crippen LogP contribution in [0, 0.1) is 19.8 Å². The molecule has 0 saturated carbocycles. The Hall–Kier alpha value is -0.820. The highest BCUT2D eigenvalue weighted by atomic mass is 14.9. The van der Waals surface area contributed by atoms with Crippen LogP contribution in [0.1, 0.15) is 43.4 Å². The van der Waals surface area contributed by atoms with E-state index in [1.54, 1.807) is 0 Å². The predicted octanol–water partition coefficient (Wildman–Crippen LogP) is 3.83. The molecule has 1 heteroatoms. The van der Waals surface area contributed by atoms with E-state index in [2.05, 4.69) is 51.2 Å². The Morgan fingerprint density at radius 2 is 1.81 bits per heavy atom. The number of benzene rings is 1. The molecule has 0 amide bonds. The fourth-order valence-corrected chi connectivity index (χ4v) is 2.03. The topological polar surface area (TPSA) is 12.0 Å². The van der Waals surface area contributed by atoms with E-state index in [0.717, 1.165) is 19.0 Å². The summed E-state index contributed by atoms with van der Waals surface area (Å²) in [4.78, 5) is 0. The lowest BCUT2D eigenvalue weighted by molar-refractivity contribution is 0.449. The molecule has 0 unspecified atom stereocenters. The summed E-state index contributed by atoms with van der Waals surface area (Å²) in [5.41, 5.74) is 4.18. The summed E-state index contributed by atoms with van der Waals surface area (Å²) in [5, 5.41) is 3.56. The van der Waals surface area contributed by atoms with Gasteiger partial charge in [-0.15, -0.1) is 0 Å². The highest BCUT2D eigenvalue weighted by Gasteiger charge is 2.03. The largest absolute Gasteiger partial charge is 0.312 e. The molecule has 1 aromatic rings. The highest BCUT2D eigenvalue weighted by Crippen LogP contribution is 2.11. The van der Waals surface area contributed by atoms with E-state index in [9.17, 15) is 0 Å². The van der Waals surface area contributed by atoms with Crippen LogP contribution in [0.4, 0.5) is 0 Å². The minimum absolute atomic E-state index is 0.825. The van der Waals surface area contributed by atoms with Crippen LogP contribution < -0.4 is 5.32 Å². The zero-order valence-electron chi connectivity index (χ0n) is 11.1. The molecule has 0 aliphatic carbocycles. The second-order valence-corrected chi connectivity index (χ2v) is 4.74. The summed E-state index contributed by atoms with van der Waals surface area (Å²) in [6.07, 6.45) is 2.55. The maximum absolute atomic E-state index is 3.56. The zero-order chi connectivity index (χ0) is 12.0. The number of hydrogen-bond donors (Lipinski definition) is 1. The Morgan fingerprint density at radius 1 is 1.12 bits per heavy atom. The van der Waals surface area contributed by atoms with Crippen molar-refractivity contribution in [3.63, 3.8) is 0 Å². The molecule has 0 bridgehead atoms. The van der Waals surface area contributed by atoms with Gasteiger partial charge in [-0.2, -0.15) is 0 Å². The first kappa shape index (κ1) is 13.2. The lowest BCUT2D eigenvalue weighted by Gasteiger charge is -2.14. The van der Waals surface area contributed by atoms with Gasteiger partial charge in [0, 0.05) is 6.54 Å². The number of aryl methyl sites for hydroxylation is 2. The monoisotopic (exact) mass is 219 g/mol. The van der Waals surface area contributed by atoms with Gasteiger partial charge in [0.2, 0.25) is 0 Å². The van der Waals surface area contributed by atoms with E-state index >= 15 is 0 Å². The van der Waals surface area contributed by atoms with Gasteiger partial charge in [-0.3, -0.25) is 0 Å². The van der Waals surface area contributed by atoms with Crippen molar-refractivity contribution in [1.82, 2.24) is 5.32 Å². The van der Waals surface area contributed by atoms with Crippen molar-refractivity contribution < 1.29 is 0 Å². The van der Waals surface area contributed by atoms with Gasteiger partial charge in [0.15, 0.2) is 0 Å². The first-order chi connectivity index (χ1) is 7.67. The van der Waals surface area contributed by atoms with Gasteiger partial charge in [0.05, 0.1) is 0 Å². The predicted molar refractivity (Wildman–Crippen MR) is 71.7 cm³/mol. The van der Waals surface area contributed by atoms with Crippen LogP contribution in [0.5, 0.6) is 0 Å². The molecule has 0 radical (unpaired) electrons. The molecule has 0 atom stereocenters. The average molecular weight is 219 g/mol. The van der Waals surface area contributed by atoms with E-state index in [4.69, 9.17) is 0 Å².